The van der Waals surface area contributed by atoms with E-state index in [0.29, 0.717) is 16.3 Å². The van der Waals surface area contributed by atoms with E-state index in [2.05, 4.69) is 5.32 Å². The van der Waals surface area contributed by atoms with Gasteiger partial charge in [0.1, 0.15) is 12.4 Å². The van der Waals surface area contributed by atoms with Gasteiger partial charge in [-0.1, -0.05) is 35.4 Å². The lowest BCUT2D eigenvalue weighted by Gasteiger charge is -2.26. The predicted octanol–water partition coefficient (Wildman–Crippen LogP) is 4.93. The van der Waals surface area contributed by atoms with Crippen molar-refractivity contribution in [3.63, 3.8) is 0 Å². The molecule has 0 aliphatic rings. The van der Waals surface area contributed by atoms with Gasteiger partial charge in [-0.3, -0.25) is 9.10 Å². The maximum Gasteiger partial charge on any atom is 0.264 e. The molecule has 0 atom stereocenters. The Kier molecular flexibility index (Phi) is 6.43. The van der Waals surface area contributed by atoms with Gasteiger partial charge in [0.25, 0.3) is 10.0 Å². The lowest BCUT2D eigenvalue weighted by atomic mass is 10.2. The summed E-state index contributed by atoms with van der Waals surface area (Å²) < 4.78 is 41.2. The number of carbonyl (C=O) groups excluding carboxylic acids is 1. The Hall–Kier alpha value is -2.90. The van der Waals surface area contributed by atoms with E-state index in [4.69, 9.17) is 11.6 Å². The predicted molar refractivity (Wildman–Crippen MR) is 117 cm³/mol. The lowest BCUT2D eigenvalue weighted by molar-refractivity contribution is -0.114. The number of amides is 1. The van der Waals surface area contributed by atoms with Gasteiger partial charge in [-0.2, -0.15) is 0 Å². The summed E-state index contributed by atoms with van der Waals surface area (Å²) in [6.07, 6.45) is 0. The van der Waals surface area contributed by atoms with E-state index in [-0.39, 0.29) is 10.6 Å². The summed E-state index contributed by atoms with van der Waals surface area (Å²) in [6, 6.07) is 16.5. The Labute approximate surface area is 180 Å². The highest BCUT2D eigenvalue weighted by molar-refractivity contribution is 7.92. The third kappa shape index (κ3) is 4.98. The fraction of sp³-hybridized carbons (Fsp3) is 0.136. The number of anilines is 2. The molecule has 0 saturated carbocycles. The molecule has 0 radical (unpaired) electrons. The summed E-state index contributed by atoms with van der Waals surface area (Å²) in [5.74, 6) is -1.11. The number of sulfonamides is 1. The number of halogens is 2. The lowest BCUT2D eigenvalue weighted by Crippen LogP contribution is -2.38. The minimum Gasteiger partial charge on any atom is -0.324 e. The fourth-order valence-corrected chi connectivity index (χ4v) is 4.65. The van der Waals surface area contributed by atoms with Crippen LogP contribution in [0.3, 0.4) is 0 Å². The second-order valence-electron chi connectivity index (χ2n) is 6.81. The van der Waals surface area contributed by atoms with Crippen LogP contribution in [-0.4, -0.2) is 20.9 Å². The van der Waals surface area contributed by atoms with Crippen LogP contribution in [0.1, 0.15) is 11.1 Å². The average Bonchev–Trinajstić information content (AvgIpc) is 2.67. The normalized spacial score (nSPS) is 11.2. The minimum absolute atomic E-state index is 0.0565. The van der Waals surface area contributed by atoms with Crippen LogP contribution in [0, 0.1) is 19.7 Å². The smallest absolute Gasteiger partial charge is 0.264 e. The molecule has 8 heteroatoms. The molecule has 3 aromatic carbocycles. The van der Waals surface area contributed by atoms with Crippen molar-refractivity contribution in [1.29, 1.82) is 0 Å². The van der Waals surface area contributed by atoms with Crippen molar-refractivity contribution in [1.82, 2.24) is 0 Å². The molecule has 156 valence electrons. The van der Waals surface area contributed by atoms with Crippen LogP contribution in [0.4, 0.5) is 15.8 Å². The Morgan fingerprint density at radius 1 is 1.03 bits per heavy atom. The molecule has 0 spiro atoms. The number of nitrogens with zero attached hydrogens (tertiary/aromatic N) is 1. The highest BCUT2D eigenvalue weighted by Crippen LogP contribution is 2.29. The molecule has 0 saturated heterocycles. The van der Waals surface area contributed by atoms with Gasteiger partial charge in [0.2, 0.25) is 5.91 Å². The van der Waals surface area contributed by atoms with Crippen molar-refractivity contribution in [2.75, 3.05) is 16.2 Å². The zero-order valence-electron chi connectivity index (χ0n) is 16.4. The molecule has 0 aliphatic heterocycles. The molecule has 0 fully saturated rings. The number of benzene rings is 3. The number of hydrogen-bond acceptors (Lipinski definition) is 3. The number of aryl methyl sites for hydroxylation is 2. The molecular formula is C22H20ClFN2O3S. The number of hydrogen-bond donors (Lipinski definition) is 1. The summed E-state index contributed by atoms with van der Waals surface area (Å²) in [7, 11) is -4.05. The third-order valence-electron chi connectivity index (χ3n) is 4.43. The molecule has 0 aliphatic carbocycles. The van der Waals surface area contributed by atoms with Crippen LogP contribution in [0.5, 0.6) is 0 Å². The van der Waals surface area contributed by atoms with E-state index in [9.17, 15) is 17.6 Å². The molecule has 3 aromatic rings. The first kappa shape index (κ1) is 21.8. The monoisotopic (exact) mass is 446 g/mol. The second-order valence-corrected chi connectivity index (χ2v) is 9.11. The van der Waals surface area contributed by atoms with Crippen LogP contribution in [0.25, 0.3) is 0 Å². The van der Waals surface area contributed by atoms with Crippen LogP contribution in [0.2, 0.25) is 5.02 Å². The van der Waals surface area contributed by atoms with Gasteiger partial charge in [0, 0.05) is 10.7 Å². The number of carbonyl (C=O) groups is 1. The van der Waals surface area contributed by atoms with E-state index >= 15 is 0 Å². The zero-order chi connectivity index (χ0) is 21.9. The van der Waals surface area contributed by atoms with Crippen molar-refractivity contribution in [3.05, 3.63) is 88.7 Å². The zero-order valence-corrected chi connectivity index (χ0v) is 18.0. The molecule has 0 heterocycles. The second kappa shape index (κ2) is 8.85. The molecular weight excluding hydrogens is 427 g/mol. The molecule has 3 rings (SSSR count). The van der Waals surface area contributed by atoms with Crippen molar-refractivity contribution < 1.29 is 17.6 Å². The maximum atomic E-state index is 13.4. The van der Waals surface area contributed by atoms with Crippen LogP contribution < -0.4 is 9.62 Å². The van der Waals surface area contributed by atoms with E-state index in [1.165, 1.54) is 30.3 Å². The van der Waals surface area contributed by atoms with Crippen LogP contribution in [0.15, 0.2) is 71.6 Å². The minimum atomic E-state index is -4.05. The SMILES string of the molecule is Cc1ccc(S(=O)(=O)N(CC(=O)Nc2cccc(F)c2)c2ccc(Cl)cc2C)cc1. The molecule has 0 bridgehead atoms. The van der Waals surface area contributed by atoms with E-state index in [1.54, 1.807) is 37.3 Å². The molecule has 1 amide bonds. The fourth-order valence-electron chi connectivity index (χ4n) is 2.93. The van der Waals surface area contributed by atoms with Gasteiger partial charge in [-0.15, -0.1) is 0 Å². The Morgan fingerprint density at radius 3 is 2.37 bits per heavy atom. The molecule has 0 aromatic heterocycles. The Balaban J connectivity index is 1.99. The maximum absolute atomic E-state index is 13.4. The quantitative estimate of drug-likeness (QED) is 0.583. The van der Waals surface area contributed by atoms with Gasteiger partial charge in [-0.05, 0) is 67.9 Å². The van der Waals surface area contributed by atoms with Gasteiger partial charge >= 0.3 is 0 Å². The highest BCUT2D eigenvalue weighted by atomic mass is 35.5. The van der Waals surface area contributed by atoms with Gasteiger partial charge in [-0.25, -0.2) is 12.8 Å². The molecule has 5 nitrogen and oxygen atoms in total. The van der Waals surface area contributed by atoms with Gasteiger partial charge < -0.3 is 5.32 Å². The average molecular weight is 447 g/mol. The van der Waals surface area contributed by atoms with Crippen LogP contribution in [-0.2, 0) is 14.8 Å². The summed E-state index contributed by atoms with van der Waals surface area (Å²) in [4.78, 5) is 12.7. The van der Waals surface area contributed by atoms with Crippen molar-refractivity contribution in [3.8, 4) is 0 Å². The van der Waals surface area contributed by atoms with Crippen molar-refractivity contribution >= 4 is 38.9 Å². The summed E-state index contributed by atoms with van der Waals surface area (Å²) in [5, 5.41) is 2.99. The molecule has 0 unspecified atom stereocenters. The number of rotatable bonds is 6. The highest BCUT2D eigenvalue weighted by Gasteiger charge is 2.28. The first-order valence-electron chi connectivity index (χ1n) is 9.08. The largest absolute Gasteiger partial charge is 0.324 e. The van der Waals surface area contributed by atoms with E-state index < -0.39 is 28.3 Å². The van der Waals surface area contributed by atoms with Crippen molar-refractivity contribution in [2.24, 2.45) is 0 Å². The van der Waals surface area contributed by atoms with E-state index in [0.717, 1.165) is 15.9 Å². The Bertz CT molecular complexity index is 1180. The van der Waals surface area contributed by atoms with Crippen LogP contribution >= 0.6 is 11.6 Å². The first-order chi connectivity index (χ1) is 14.2. The first-order valence-corrected chi connectivity index (χ1v) is 10.9. The van der Waals surface area contributed by atoms with E-state index in [1.807, 2.05) is 6.92 Å². The summed E-state index contributed by atoms with van der Waals surface area (Å²) in [6.45, 7) is 3.07. The summed E-state index contributed by atoms with van der Waals surface area (Å²) in [5.41, 5.74) is 2.07. The third-order valence-corrected chi connectivity index (χ3v) is 6.44. The molecule has 30 heavy (non-hydrogen) atoms. The molecule has 1 N–H and O–H groups in total. The topological polar surface area (TPSA) is 66.5 Å². The summed E-state index contributed by atoms with van der Waals surface area (Å²) >= 11 is 6.02. The van der Waals surface area contributed by atoms with Gasteiger partial charge in [0.15, 0.2) is 0 Å². The van der Waals surface area contributed by atoms with Crippen molar-refractivity contribution in [2.45, 2.75) is 18.7 Å². The standard InChI is InChI=1S/C22H20ClFN2O3S/c1-15-6-9-20(10-7-15)30(28,29)26(21-11-8-17(23)12-16(21)2)14-22(27)25-19-5-3-4-18(24)13-19/h3-13H,14H2,1-2H3,(H,25,27). The Morgan fingerprint density at radius 2 is 1.73 bits per heavy atom. The number of nitrogens with one attached hydrogen (secondary N) is 1. The van der Waals surface area contributed by atoms with Gasteiger partial charge in [0.05, 0.1) is 10.6 Å².